The smallest absolute Gasteiger partial charge is 0.289 e. The fourth-order valence-corrected chi connectivity index (χ4v) is 1.96. The van der Waals surface area contributed by atoms with Crippen molar-refractivity contribution in [3.63, 3.8) is 0 Å². The number of carbonyl (C=O) groups is 1. The molecule has 0 spiro atoms. The number of aliphatic hydroxyl groups excluding tert-OH is 1. The summed E-state index contributed by atoms with van der Waals surface area (Å²) in [4.78, 5) is 13.8. The molecule has 2 aromatic rings. The third-order valence-corrected chi connectivity index (χ3v) is 2.97. The number of anilines is 1. The van der Waals surface area contributed by atoms with E-state index in [9.17, 15) is 4.79 Å². The second-order valence-electron chi connectivity index (χ2n) is 4.42. The Morgan fingerprint density at radius 1 is 1.40 bits per heavy atom. The first kappa shape index (κ1) is 14.4. The standard InChI is InChI=1S/C14H18N2O4/c1-19-7-5-16(4-6-17)14(18)13-9-10-8-11(15)2-3-12(10)20-13/h2-3,8-9,17H,4-7,15H2,1H3. The van der Waals surface area contributed by atoms with Gasteiger partial charge in [-0.05, 0) is 24.3 Å². The zero-order valence-electron chi connectivity index (χ0n) is 11.3. The minimum absolute atomic E-state index is 0.109. The topological polar surface area (TPSA) is 88.9 Å². The van der Waals surface area contributed by atoms with E-state index >= 15 is 0 Å². The molecule has 108 valence electrons. The van der Waals surface area contributed by atoms with E-state index in [1.54, 1.807) is 31.4 Å². The molecule has 0 aliphatic carbocycles. The van der Waals surface area contributed by atoms with Gasteiger partial charge in [0, 0.05) is 31.3 Å². The predicted octanol–water partition coefficient (Wildman–Crippen LogP) is 1.10. The third-order valence-electron chi connectivity index (χ3n) is 2.97. The Bertz CT molecular complexity index is 594. The van der Waals surface area contributed by atoms with Crippen molar-refractivity contribution in [3.8, 4) is 0 Å². The molecule has 0 unspecified atom stereocenters. The van der Waals surface area contributed by atoms with Crippen LogP contribution in [0.3, 0.4) is 0 Å². The number of hydrogen-bond donors (Lipinski definition) is 2. The van der Waals surface area contributed by atoms with E-state index in [0.29, 0.717) is 24.4 Å². The van der Waals surface area contributed by atoms with Crippen LogP contribution in [-0.2, 0) is 4.74 Å². The Morgan fingerprint density at radius 2 is 2.20 bits per heavy atom. The highest BCUT2D eigenvalue weighted by atomic mass is 16.5. The van der Waals surface area contributed by atoms with Crippen LogP contribution in [0.2, 0.25) is 0 Å². The Balaban J connectivity index is 2.23. The maximum Gasteiger partial charge on any atom is 0.289 e. The van der Waals surface area contributed by atoms with Crippen molar-refractivity contribution < 1.29 is 19.1 Å². The maximum atomic E-state index is 12.3. The van der Waals surface area contributed by atoms with Gasteiger partial charge in [-0.25, -0.2) is 0 Å². The number of nitrogen functional groups attached to an aromatic ring is 1. The van der Waals surface area contributed by atoms with E-state index in [1.165, 1.54) is 4.90 Å². The van der Waals surface area contributed by atoms with Crippen LogP contribution in [0.5, 0.6) is 0 Å². The van der Waals surface area contributed by atoms with Crippen molar-refractivity contribution in [1.29, 1.82) is 0 Å². The maximum absolute atomic E-state index is 12.3. The average Bonchev–Trinajstić information content (AvgIpc) is 2.85. The number of nitrogens with zero attached hydrogens (tertiary/aromatic N) is 1. The lowest BCUT2D eigenvalue weighted by molar-refractivity contribution is 0.0628. The molecule has 6 nitrogen and oxygen atoms in total. The zero-order valence-corrected chi connectivity index (χ0v) is 11.3. The molecule has 0 bridgehead atoms. The number of furan rings is 1. The van der Waals surface area contributed by atoms with E-state index in [4.69, 9.17) is 20.0 Å². The summed E-state index contributed by atoms with van der Waals surface area (Å²) in [5.74, 6) is -0.0407. The summed E-state index contributed by atoms with van der Waals surface area (Å²) in [7, 11) is 1.56. The zero-order chi connectivity index (χ0) is 14.5. The number of benzene rings is 1. The molecule has 0 atom stereocenters. The lowest BCUT2D eigenvalue weighted by atomic mass is 10.2. The lowest BCUT2D eigenvalue weighted by Gasteiger charge is -2.19. The molecule has 1 amide bonds. The van der Waals surface area contributed by atoms with Crippen molar-refractivity contribution in [2.45, 2.75) is 0 Å². The molecular weight excluding hydrogens is 260 g/mol. The highest BCUT2D eigenvalue weighted by Crippen LogP contribution is 2.22. The number of methoxy groups -OCH3 is 1. The van der Waals surface area contributed by atoms with E-state index in [1.807, 2.05) is 0 Å². The van der Waals surface area contributed by atoms with Crippen LogP contribution < -0.4 is 5.73 Å². The molecule has 0 fully saturated rings. The average molecular weight is 278 g/mol. The molecule has 1 heterocycles. The summed E-state index contributed by atoms with van der Waals surface area (Å²) in [6, 6.07) is 6.86. The van der Waals surface area contributed by atoms with Crippen LogP contribution in [0.25, 0.3) is 11.0 Å². The number of rotatable bonds is 6. The second kappa shape index (κ2) is 6.40. The van der Waals surface area contributed by atoms with Gasteiger partial charge >= 0.3 is 0 Å². The van der Waals surface area contributed by atoms with Crippen molar-refractivity contribution >= 4 is 22.6 Å². The monoisotopic (exact) mass is 278 g/mol. The van der Waals surface area contributed by atoms with Gasteiger partial charge in [0.2, 0.25) is 0 Å². The first-order chi connectivity index (χ1) is 9.65. The first-order valence-corrected chi connectivity index (χ1v) is 6.34. The van der Waals surface area contributed by atoms with Crippen LogP contribution in [0.15, 0.2) is 28.7 Å². The number of amides is 1. The van der Waals surface area contributed by atoms with Gasteiger partial charge in [-0.2, -0.15) is 0 Å². The minimum atomic E-state index is -0.272. The van der Waals surface area contributed by atoms with Gasteiger partial charge in [0.25, 0.3) is 5.91 Å². The van der Waals surface area contributed by atoms with Crippen molar-refractivity contribution in [3.05, 3.63) is 30.0 Å². The molecule has 20 heavy (non-hydrogen) atoms. The summed E-state index contributed by atoms with van der Waals surface area (Å²) in [5, 5.41) is 9.81. The van der Waals surface area contributed by atoms with E-state index in [2.05, 4.69) is 0 Å². The largest absolute Gasteiger partial charge is 0.451 e. The number of ether oxygens (including phenoxy) is 1. The Kier molecular flexibility index (Phi) is 4.60. The number of aliphatic hydroxyl groups is 1. The van der Waals surface area contributed by atoms with Gasteiger partial charge < -0.3 is 24.9 Å². The van der Waals surface area contributed by atoms with E-state index < -0.39 is 0 Å². The fourth-order valence-electron chi connectivity index (χ4n) is 1.96. The van der Waals surface area contributed by atoms with Gasteiger partial charge in [-0.3, -0.25) is 4.79 Å². The molecule has 6 heteroatoms. The molecular formula is C14H18N2O4. The van der Waals surface area contributed by atoms with Gasteiger partial charge in [0.1, 0.15) is 5.58 Å². The number of fused-ring (bicyclic) bond motifs is 1. The van der Waals surface area contributed by atoms with Crippen LogP contribution in [0.4, 0.5) is 5.69 Å². The van der Waals surface area contributed by atoms with Crippen LogP contribution in [0.1, 0.15) is 10.6 Å². The molecule has 2 rings (SSSR count). The Labute approximate surface area is 116 Å². The summed E-state index contributed by atoms with van der Waals surface area (Å²) in [5.41, 5.74) is 6.92. The molecule has 0 radical (unpaired) electrons. The van der Waals surface area contributed by atoms with Gasteiger partial charge in [-0.1, -0.05) is 0 Å². The van der Waals surface area contributed by atoms with Gasteiger partial charge in [0.05, 0.1) is 13.2 Å². The van der Waals surface area contributed by atoms with Crippen LogP contribution in [-0.4, -0.2) is 49.3 Å². The summed E-state index contributed by atoms with van der Waals surface area (Å²) in [6.45, 7) is 0.929. The molecule has 1 aromatic heterocycles. The van der Waals surface area contributed by atoms with Gasteiger partial charge in [-0.15, -0.1) is 0 Å². The number of carbonyl (C=O) groups excluding carboxylic acids is 1. The quantitative estimate of drug-likeness (QED) is 0.772. The van der Waals surface area contributed by atoms with Crippen molar-refractivity contribution in [2.24, 2.45) is 0 Å². The van der Waals surface area contributed by atoms with Crippen LogP contribution >= 0.6 is 0 Å². The third kappa shape index (κ3) is 3.09. The highest BCUT2D eigenvalue weighted by molar-refractivity contribution is 5.96. The molecule has 3 N–H and O–H groups in total. The number of hydrogen-bond acceptors (Lipinski definition) is 5. The second-order valence-corrected chi connectivity index (χ2v) is 4.42. The molecule has 0 saturated carbocycles. The summed E-state index contributed by atoms with van der Waals surface area (Å²) in [6.07, 6.45) is 0. The summed E-state index contributed by atoms with van der Waals surface area (Å²) >= 11 is 0. The summed E-state index contributed by atoms with van der Waals surface area (Å²) < 4.78 is 10.5. The Morgan fingerprint density at radius 3 is 2.90 bits per heavy atom. The minimum Gasteiger partial charge on any atom is -0.451 e. The molecule has 0 aliphatic heterocycles. The van der Waals surface area contributed by atoms with Crippen molar-refractivity contribution in [1.82, 2.24) is 4.90 Å². The molecule has 0 saturated heterocycles. The Hall–Kier alpha value is -2.05. The normalized spacial score (nSPS) is 10.9. The van der Waals surface area contributed by atoms with Crippen LogP contribution in [0, 0.1) is 0 Å². The molecule has 0 aliphatic rings. The van der Waals surface area contributed by atoms with E-state index in [0.717, 1.165) is 5.39 Å². The predicted molar refractivity (Wildman–Crippen MR) is 75.5 cm³/mol. The lowest BCUT2D eigenvalue weighted by Crippen LogP contribution is -2.35. The van der Waals surface area contributed by atoms with E-state index in [-0.39, 0.29) is 24.8 Å². The SMILES string of the molecule is COCCN(CCO)C(=O)c1cc2cc(N)ccc2o1. The number of nitrogens with two attached hydrogens (primary N) is 1. The fraction of sp³-hybridized carbons (Fsp3) is 0.357. The first-order valence-electron chi connectivity index (χ1n) is 6.34. The highest BCUT2D eigenvalue weighted by Gasteiger charge is 2.19. The van der Waals surface area contributed by atoms with Crippen molar-refractivity contribution in [2.75, 3.05) is 39.1 Å². The van der Waals surface area contributed by atoms with Gasteiger partial charge in [0.15, 0.2) is 5.76 Å². The molecule has 1 aromatic carbocycles.